The van der Waals surface area contributed by atoms with Crippen molar-refractivity contribution in [2.24, 2.45) is 10.2 Å². The molecule has 0 aliphatic carbocycles. The third kappa shape index (κ3) is 3.77. The van der Waals surface area contributed by atoms with E-state index in [1.54, 1.807) is 42.5 Å². The predicted octanol–water partition coefficient (Wildman–Crippen LogP) is 4.32. The van der Waals surface area contributed by atoms with Crippen molar-refractivity contribution in [3.05, 3.63) is 58.5 Å². The van der Waals surface area contributed by atoms with E-state index in [0.717, 1.165) is 12.8 Å². The van der Waals surface area contributed by atoms with Crippen molar-refractivity contribution in [3.63, 3.8) is 0 Å². The van der Waals surface area contributed by atoms with Crippen molar-refractivity contribution in [2.45, 2.75) is 26.3 Å². The Bertz CT molecular complexity index is 1370. The fourth-order valence-corrected chi connectivity index (χ4v) is 3.37. The number of azo groups is 1. The van der Waals surface area contributed by atoms with Crippen LogP contribution >= 0.6 is 0 Å². The van der Waals surface area contributed by atoms with Crippen molar-refractivity contribution >= 4 is 33.3 Å². The van der Waals surface area contributed by atoms with Gasteiger partial charge >= 0.3 is 5.91 Å². The van der Waals surface area contributed by atoms with Crippen LogP contribution in [0, 0.1) is 0 Å². The highest BCUT2D eigenvalue weighted by Crippen LogP contribution is 2.37. The number of ether oxygens (including phenoxy) is 1. The third-order valence-corrected chi connectivity index (χ3v) is 4.99. The summed E-state index contributed by atoms with van der Waals surface area (Å²) < 4.78 is 6.50. The maximum Gasteiger partial charge on any atom is 0.316 e. The lowest BCUT2D eigenvalue weighted by atomic mass is 10.1. The van der Waals surface area contributed by atoms with Gasteiger partial charge in [0.15, 0.2) is 11.4 Å². The molecule has 4 aromatic rings. The lowest BCUT2D eigenvalue weighted by Crippen LogP contribution is -2.25. The smallest absolute Gasteiger partial charge is 0.316 e. The maximum absolute atomic E-state index is 12.9. The van der Waals surface area contributed by atoms with Crippen molar-refractivity contribution < 1.29 is 14.6 Å². The van der Waals surface area contributed by atoms with E-state index in [4.69, 9.17) is 4.74 Å². The van der Waals surface area contributed by atoms with Gasteiger partial charge < -0.3 is 14.8 Å². The third-order valence-electron chi connectivity index (χ3n) is 4.99. The van der Waals surface area contributed by atoms with E-state index in [1.807, 2.05) is 6.92 Å². The number of aromatic hydroxyl groups is 1. The highest BCUT2D eigenvalue weighted by molar-refractivity contribution is 6.05. The first-order chi connectivity index (χ1) is 15.0. The number of benzene rings is 2. The molecule has 0 saturated carbocycles. The molecular weight excluding hydrogens is 398 g/mol. The number of aryl methyl sites for hydroxylation is 1. The molecule has 31 heavy (non-hydrogen) atoms. The molecule has 0 bridgehead atoms. The molecule has 0 saturated heterocycles. The number of H-pyrrole nitrogens is 1. The lowest BCUT2D eigenvalue weighted by molar-refractivity contribution is 0.0989. The number of rotatable bonds is 6. The van der Waals surface area contributed by atoms with Gasteiger partial charge in [-0.25, -0.2) is 4.68 Å². The quantitative estimate of drug-likeness (QED) is 0.451. The standard InChI is InChI=1S/C22H21N5O4/c1-3-4-11-27-22(30)15-8-6-5-7-14(15)19(26-27)21(29)25-24-18-16-12-13(31-2)9-10-17(16)23-20(18)28/h5-10,12,23,28H,3-4,11H2,1-2H3. The zero-order valence-corrected chi connectivity index (χ0v) is 17.1. The summed E-state index contributed by atoms with van der Waals surface area (Å²) in [5.41, 5.74) is 0.521. The van der Waals surface area contributed by atoms with Gasteiger partial charge in [0.1, 0.15) is 5.75 Å². The van der Waals surface area contributed by atoms with E-state index in [-0.39, 0.29) is 22.8 Å². The number of nitrogens with zero attached hydrogens (tertiary/aromatic N) is 4. The summed E-state index contributed by atoms with van der Waals surface area (Å²) in [6.07, 6.45) is 1.64. The summed E-state index contributed by atoms with van der Waals surface area (Å²) in [6, 6.07) is 11.9. The number of aromatic nitrogens is 3. The second-order valence-electron chi connectivity index (χ2n) is 7.01. The molecular formula is C22H21N5O4. The number of fused-ring (bicyclic) bond motifs is 2. The second kappa shape index (κ2) is 8.39. The summed E-state index contributed by atoms with van der Waals surface area (Å²) in [7, 11) is 1.53. The van der Waals surface area contributed by atoms with Crippen molar-refractivity contribution in [1.82, 2.24) is 14.8 Å². The summed E-state index contributed by atoms with van der Waals surface area (Å²) >= 11 is 0. The minimum atomic E-state index is -0.710. The molecule has 0 atom stereocenters. The van der Waals surface area contributed by atoms with Crippen LogP contribution in [0.15, 0.2) is 57.5 Å². The highest BCUT2D eigenvalue weighted by atomic mass is 16.5. The highest BCUT2D eigenvalue weighted by Gasteiger charge is 2.18. The average molecular weight is 419 g/mol. The molecule has 0 spiro atoms. The van der Waals surface area contributed by atoms with Gasteiger partial charge in [-0.3, -0.25) is 9.59 Å². The molecule has 0 fully saturated rings. The monoisotopic (exact) mass is 419 g/mol. The zero-order chi connectivity index (χ0) is 22.0. The van der Waals surface area contributed by atoms with Crippen LogP contribution < -0.4 is 10.3 Å². The number of hydrogen-bond acceptors (Lipinski definition) is 6. The SMILES string of the molecule is CCCCn1nc(C(=O)N=Nc2c(O)[nH]c3ccc(OC)cc23)c2ccccc2c1=O. The van der Waals surface area contributed by atoms with Gasteiger partial charge in [-0.1, -0.05) is 31.5 Å². The van der Waals surface area contributed by atoms with E-state index in [1.165, 1.54) is 11.8 Å². The molecule has 158 valence electrons. The molecule has 2 heterocycles. The largest absolute Gasteiger partial charge is 0.497 e. The van der Waals surface area contributed by atoms with E-state index in [9.17, 15) is 14.7 Å². The van der Waals surface area contributed by atoms with Crippen LogP contribution in [0.1, 0.15) is 30.3 Å². The van der Waals surface area contributed by atoms with Crippen LogP contribution in [-0.4, -0.2) is 32.9 Å². The number of nitrogens with one attached hydrogen (secondary N) is 1. The molecule has 2 aromatic carbocycles. The summed E-state index contributed by atoms with van der Waals surface area (Å²) in [5.74, 6) is -0.353. The van der Waals surface area contributed by atoms with Crippen LogP contribution in [0.5, 0.6) is 11.6 Å². The van der Waals surface area contributed by atoms with E-state index >= 15 is 0 Å². The molecule has 0 unspecified atom stereocenters. The van der Waals surface area contributed by atoms with Crippen LogP contribution in [-0.2, 0) is 6.54 Å². The fourth-order valence-electron chi connectivity index (χ4n) is 3.37. The normalized spacial score (nSPS) is 11.5. The molecule has 2 aromatic heterocycles. The number of carbonyl (C=O) groups is 1. The molecule has 2 N–H and O–H groups in total. The first-order valence-electron chi connectivity index (χ1n) is 9.88. The molecule has 9 heteroatoms. The van der Waals surface area contributed by atoms with Crippen molar-refractivity contribution in [3.8, 4) is 11.6 Å². The first-order valence-corrected chi connectivity index (χ1v) is 9.88. The number of aromatic amines is 1. The van der Waals surface area contributed by atoms with Crippen LogP contribution in [0.4, 0.5) is 5.69 Å². The van der Waals surface area contributed by atoms with E-state index in [2.05, 4.69) is 20.3 Å². The van der Waals surface area contributed by atoms with Crippen molar-refractivity contribution in [1.29, 1.82) is 0 Å². The van der Waals surface area contributed by atoms with Crippen LogP contribution in [0.2, 0.25) is 0 Å². The second-order valence-corrected chi connectivity index (χ2v) is 7.01. The zero-order valence-electron chi connectivity index (χ0n) is 17.1. The number of amides is 1. The molecule has 0 aliphatic heterocycles. The lowest BCUT2D eigenvalue weighted by Gasteiger charge is -2.08. The van der Waals surface area contributed by atoms with E-state index < -0.39 is 5.91 Å². The Labute approximate surface area is 177 Å². The van der Waals surface area contributed by atoms with Gasteiger partial charge in [0.05, 0.1) is 18.0 Å². The molecule has 1 amide bonds. The Morgan fingerprint density at radius 1 is 1.19 bits per heavy atom. The Morgan fingerprint density at radius 2 is 1.97 bits per heavy atom. The number of unbranched alkanes of at least 4 members (excludes halogenated alkanes) is 1. The summed E-state index contributed by atoms with van der Waals surface area (Å²) in [4.78, 5) is 28.4. The van der Waals surface area contributed by atoms with Crippen LogP contribution in [0.3, 0.4) is 0 Å². The van der Waals surface area contributed by atoms with Gasteiger partial charge in [-0.2, -0.15) is 5.10 Å². The van der Waals surface area contributed by atoms with Gasteiger partial charge in [0.2, 0.25) is 5.88 Å². The predicted molar refractivity (Wildman–Crippen MR) is 116 cm³/mol. The number of methoxy groups -OCH3 is 1. The molecule has 0 radical (unpaired) electrons. The minimum absolute atomic E-state index is 0.0342. The molecule has 9 nitrogen and oxygen atoms in total. The first kappa shape index (κ1) is 20.3. The summed E-state index contributed by atoms with van der Waals surface area (Å²) in [6.45, 7) is 2.41. The van der Waals surface area contributed by atoms with Gasteiger partial charge in [-0.15, -0.1) is 10.2 Å². The maximum atomic E-state index is 12.9. The Balaban J connectivity index is 1.78. The van der Waals surface area contributed by atoms with Gasteiger partial charge in [0, 0.05) is 17.3 Å². The minimum Gasteiger partial charge on any atom is -0.497 e. The van der Waals surface area contributed by atoms with Gasteiger partial charge in [-0.05, 0) is 30.7 Å². The Hall–Kier alpha value is -4.01. The van der Waals surface area contributed by atoms with Crippen LogP contribution in [0.25, 0.3) is 21.7 Å². The summed E-state index contributed by atoms with van der Waals surface area (Å²) in [5, 5.41) is 23.6. The molecule has 4 rings (SSSR count). The molecule has 0 aliphatic rings. The average Bonchev–Trinajstić information content (AvgIpc) is 3.11. The van der Waals surface area contributed by atoms with E-state index in [0.29, 0.717) is 34.0 Å². The fraction of sp³-hybridized carbons (Fsp3) is 0.227. The number of carbonyl (C=O) groups excluding carboxylic acids is 1. The Morgan fingerprint density at radius 3 is 2.71 bits per heavy atom. The number of hydrogen-bond donors (Lipinski definition) is 2. The topological polar surface area (TPSA) is 122 Å². The van der Waals surface area contributed by atoms with Gasteiger partial charge in [0.25, 0.3) is 5.56 Å². The van der Waals surface area contributed by atoms with Crippen molar-refractivity contribution in [2.75, 3.05) is 7.11 Å². The Kier molecular flexibility index (Phi) is 5.48.